The summed E-state index contributed by atoms with van der Waals surface area (Å²) >= 11 is 0. The number of hydrogen-bond acceptors (Lipinski definition) is 1. The van der Waals surface area contributed by atoms with E-state index in [-0.39, 0.29) is 17.8 Å². The van der Waals surface area contributed by atoms with E-state index in [1.165, 1.54) is 6.07 Å². The number of hydrogen-bond donors (Lipinski definition) is 2. The van der Waals surface area contributed by atoms with E-state index >= 15 is 0 Å². The Bertz CT molecular complexity index is 458. The minimum Gasteiger partial charge on any atom is -0.354 e. The first-order valence-electron chi connectivity index (χ1n) is 6.90. The molecule has 19 heavy (non-hydrogen) atoms. The second-order valence-corrected chi connectivity index (χ2v) is 5.14. The van der Waals surface area contributed by atoms with Crippen molar-refractivity contribution in [3.63, 3.8) is 0 Å². The maximum Gasteiger partial charge on any atom is 0.191 e. The summed E-state index contributed by atoms with van der Waals surface area (Å²) < 4.78 is 13.7. The molecule has 2 N–H and O–H groups in total. The lowest BCUT2D eigenvalue weighted by molar-refractivity contribution is 0.604. The molecule has 0 spiro atoms. The van der Waals surface area contributed by atoms with Gasteiger partial charge < -0.3 is 10.6 Å². The van der Waals surface area contributed by atoms with Gasteiger partial charge >= 0.3 is 0 Å². The molecule has 1 fully saturated rings. The van der Waals surface area contributed by atoms with Gasteiger partial charge in [-0.25, -0.2) is 4.39 Å². The molecule has 1 aliphatic rings. The Morgan fingerprint density at radius 2 is 2.21 bits per heavy atom. The molecule has 1 aliphatic carbocycles. The molecule has 0 aliphatic heterocycles. The monoisotopic (exact) mass is 263 g/mol. The molecule has 0 saturated heterocycles. The highest BCUT2D eigenvalue weighted by molar-refractivity contribution is 5.80. The number of rotatable bonds is 4. The van der Waals surface area contributed by atoms with Crippen molar-refractivity contribution in [2.75, 3.05) is 7.05 Å². The molecule has 0 heterocycles. The maximum absolute atomic E-state index is 13.7. The molecule has 0 amide bonds. The standard InChI is InChI=1S/C15H22FN3/c1-4-10(2)18-15(17-3)19-14-9-12(14)11-7-5-6-8-13(11)16/h5-8,10,12,14H,4,9H2,1-3H3,(H2,17,18,19). The number of nitrogens with zero attached hydrogens (tertiary/aromatic N) is 1. The van der Waals surface area contributed by atoms with Crippen molar-refractivity contribution >= 4 is 5.96 Å². The number of aliphatic imine (C=N–C) groups is 1. The predicted molar refractivity (Wildman–Crippen MR) is 76.9 cm³/mol. The van der Waals surface area contributed by atoms with Crippen LogP contribution in [0.5, 0.6) is 0 Å². The van der Waals surface area contributed by atoms with E-state index in [2.05, 4.69) is 29.5 Å². The molecule has 3 atom stereocenters. The van der Waals surface area contributed by atoms with Crippen LogP contribution in [-0.4, -0.2) is 25.1 Å². The van der Waals surface area contributed by atoms with Gasteiger partial charge in [-0.1, -0.05) is 25.1 Å². The molecule has 1 saturated carbocycles. The van der Waals surface area contributed by atoms with E-state index in [4.69, 9.17) is 0 Å². The van der Waals surface area contributed by atoms with Gasteiger partial charge in [0, 0.05) is 25.0 Å². The van der Waals surface area contributed by atoms with Gasteiger partial charge in [-0.15, -0.1) is 0 Å². The molecule has 104 valence electrons. The van der Waals surface area contributed by atoms with Crippen LogP contribution in [0.25, 0.3) is 0 Å². The Balaban J connectivity index is 1.91. The Kier molecular flexibility index (Phi) is 4.40. The maximum atomic E-state index is 13.7. The van der Waals surface area contributed by atoms with Gasteiger partial charge in [0.15, 0.2) is 5.96 Å². The Hall–Kier alpha value is -1.58. The fourth-order valence-corrected chi connectivity index (χ4v) is 2.16. The first-order valence-corrected chi connectivity index (χ1v) is 6.90. The van der Waals surface area contributed by atoms with Crippen LogP contribution >= 0.6 is 0 Å². The van der Waals surface area contributed by atoms with Crippen molar-refractivity contribution < 1.29 is 4.39 Å². The van der Waals surface area contributed by atoms with Crippen LogP contribution in [0, 0.1) is 5.82 Å². The normalized spacial score (nSPS) is 23.9. The number of benzene rings is 1. The van der Waals surface area contributed by atoms with Gasteiger partial charge in [-0.05, 0) is 31.4 Å². The average Bonchev–Trinajstić information content (AvgIpc) is 3.17. The summed E-state index contributed by atoms with van der Waals surface area (Å²) in [5, 5.41) is 6.67. The minimum atomic E-state index is -0.110. The molecule has 1 aromatic carbocycles. The highest BCUT2D eigenvalue weighted by Crippen LogP contribution is 2.41. The summed E-state index contributed by atoms with van der Waals surface area (Å²) in [4.78, 5) is 4.21. The third-order valence-electron chi connectivity index (χ3n) is 3.64. The quantitative estimate of drug-likeness (QED) is 0.647. The van der Waals surface area contributed by atoms with E-state index in [1.807, 2.05) is 12.1 Å². The molecule has 0 aromatic heterocycles. The van der Waals surface area contributed by atoms with Crippen LogP contribution in [0.1, 0.15) is 38.2 Å². The zero-order chi connectivity index (χ0) is 13.8. The summed E-state index contributed by atoms with van der Waals surface area (Å²) in [5.41, 5.74) is 0.805. The lowest BCUT2D eigenvalue weighted by atomic mass is 10.1. The van der Waals surface area contributed by atoms with E-state index < -0.39 is 0 Å². The van der Waals surface area contributed by atoms with Crippen LogP contribution < -0.4 is 10.6 Å². The highest BCUT2D eigenvalue weighted by atomic mass is 19.1. The molecule has 3 nitrogen and oxygen atoms in total. The smallest absolute Gasteiger partial charge is 0.191 e. The van der Waals surface area contributed by atoms with Gasteiger partial charge in [0.2, 0.25) is 0 Å². The highest BCUT2D eigenvalue weighted by Gasteiger charge is 2.40. The summed E-state index contributed by atoms with van der Waals surface area (Å²) in [7, 11) is 1.76. The average molecular weight is 263 g/mol. The molecule has 4 heteroatoms. The van der Waals surface area contributed by atoms with Crippen molar-refractivity contribution in [3.05, 3.63) is 35.6 Å². The van der Waals surface area contributed by atoms with Gasteiger partial charge in [0.25, 0.3) is 0 Å². The van der Waals surface area contributed by atoms with Gasteiger partial charge in [-0.3, -0.25) is 4.99 Å². The van der Waals surface area contributed by atoms with Crippen LogP contribution in [0.15, 0.2) is 29.3 Å². The SMILES string of the molecule is CCC(C)NC(=NC)NC1CC1c1ccccc1F. The van der Waals surface area contributed by atoms with Gasteiger partial charge in [-0.2, -0.15) is 0 Å². The van der Waals surface area contributed by atoms with Crippen molar-refractivity contribution in [1.82, 2.24) is 10.6 Å². The third-order valence-corrected chi connectivity index (χ3v) is 3.64. The molecular formula is C15H22FN3. The van der Waals surface area contributed by atoms with Crippen LogP contribution in [0.3, 0.4) is 0 Å². The van der Waals surface area contributed by atoms with Crippen LogP contribution in [-0.2, 0) is 0 Å². The van der Waals surface area contributed by atoms with Crippen LogP contribution in [0.4, 0.5) is 4.39 Å². The van der Waals surface area contributed by atoms with Crippen molar-refractivity contribution in [2.45, 2.75) is 44.7 Å². The Morgan fingerprint density at radius 1 is 1.47 bits per heavy atom. The second kappa shape index (κ2) is 6.04. The Morgan fingerprint density at radius 3 is 2.84 bits per heavy atom. The van der Waals surface area contributed by atoms with Crippen LogP contribution in [0.2, 0.25) is 0 Å². The topological polar surface area (TPSA) is 36.4 Å². The van der Waals surface area contributed by atoms with Crippen molar-refractivity contribution in [3.8, 4) is 0 Å². The summed E-state index contributed by atoms with van der Waals surface area (Å²) in [6.07, 6.45) is 2.00. The van der Waals surface area contributed by atoms with E-state index in [0.29, 0.717) is 6.04 Å². The van der Waals surface area contributed by atoms with Crippen molar-refractivity contribution in [1.29, 1.82) is 0 Å². The number of halogens is 1. The first-order chi connectivity index (χ1) is 9.15. The fraction of sp³-hybridized carbons (Fsp3) is 0.533. The van der Waals surface area contributed by atoms with Crippen molar-refractivity contribution in [2.24, 2.45) is 4.99 Å². The molecule has 2 rings (SSSR count). The molecule has 0 bridgehead atoms. The lowest BCUT2D eigenvalue weighted by Gasteiger charge is -2.16. The van der Waals surface area contributed by atoms with E-state index in [9.17, 15) is 4.39 Å². The fourth-order valence-electron chi connectivity index (χ4n) is 2.16. The van der Waals surface area contributed by atoms with Gasteiger partial charge in [0.1, 0.15) is 5.82 Å². The largest absolute Gasteiger partial charge is 0.354 e. The second-order valence-electron chi connectivity index (χ2n) is 5.14. The minimum absolute atomic E-state index is 0.110. The van der Waals surface area contributed by atoms with E-state index in [0.717, 1.165) is 24.4 Å². The molecular weight excluding hydrogens is 241 g/mol. The summed E-state index contributed by atoms with van der Waals surface area (Å²) in [6, 6.07) is 7.68. The lowest BCUT2D eigenvalue weighted by Crippen LogP contribution is -2.43. The summed E-state index contributed by atoms with van der Waals surface area (Å²) in [6.45, 7) is 4.25. The molecule has 0 radical (unpaired) electrons. The summed E-state index contributed by atoms with van der Waals surface area (Å²) in [5.74, 6) is 0.955. The predicted octanol–water partition coefficient (Wildman–Crippen LogP) is 2.65. The molecule has 1 aromatic rings. The van der Waals surface area contributed by atoms with E-state index in [1.54, 1.807) is 13.1 Å². The third kappa shape index (κ3) is 3.46. The first kappa shape index (κ1) is 13.8. The zero-order valence-corrected chi connectivity index (χ0v) is 11.8. The number of guanidine groups is 1. The zero-order valence-electron chi connectivity index (χ0n) is 11.8. The molecule has 3 unspecified atom stereocenters. The van der Waals surface area contributed by atoms with Gasteiger partial charge in [0.05, 0.1) is 0 Å². The number of nitrogens with one attached hydrogen (secondary N) is 2. The Labute approximate surface area is 114 Å².